The zero-order chi connectivity index (χ0) is 16.1. The van der Waals surface area contributed by atoms with Crippen molar-refractivity contribution in [3.05, 3.63) is 47.3 Å². The third-order valence-electron chi connectivity index (χ3n) is 6.27. The Bertz CT molecular complexity index is 738. The normalized spacial score (nSPS) is 31.2. The Morgan fingerprint density at radius 1 is 0.958 bits per heavy atom. The molecule has 1 aromatic heterocycles. The van der Waals surface area contributed by atoms with Crippen molar-refractivity contribution in [2.45, 2.75) is 38.1 Å². The van der Waals surface area contributed by atoms with Gasteiger partial charge in [-0.2, -0.15) is 0 Å². The maximum atomic E-state index is 13.2. The Labute approximate surface area is 147 Å². The molecule has 2 nitrogen and oxygen atoms in total. The van der Waals surface area contributed by atoms with E-state index in [1.165, 1.54) is 42.5 Å². The lowest BCUT2D eigenvalue weighted by molar-refractivity contribution is 0.0633. The number of thiophene rings is 1. The van der Waals surface area contributed by atoms with Crippen LogP contribution in [0.4, 0.5) is 0 Å². The van der Waals surface area contributed by atoms with Crippen LogP contribution in [0.3, 0.4) is 0 Å². The first-order valence-corrected chi connectivity index (χ1v) is 10.1. The van der Waals surface area contributed by atoms with E-state index in [0.29, 0.717) is 6.04 Å². The van der Waals surface area contributed by atoms with Gasteiger partial charge in [-0.3, -0.25) is 4.79 Å². The summed E-state index contributed by atoms with van der Waals surface area (Å²) in [6.07, 6.45) is 6.62. The summed E-state index contributed by atoms with van der Waals surface area (Å²) < 4.78 is 0. The van der Waals surface area contributed by atoms with Crippen LogP contribution in [0.25, 0.3) is 10.4 Å². The molecule has 0 N–H and O–H groups in total. The third kappa shape index (κ3) is 2.50. The lowest BCUT2D eigenvalue weighted by Gasteiger charge is -2.38. The summed E-state index contributed by atoms with van der Waals surface area (Å²) in [6.45, 7) is 0.993. The van der Waals surface area contributed by atoms with Gasteiger partial charge in [-0.25, -0.2) is 0 Å². The predicted molar refractivity (Wildman–Crippen MR) is 98.1 cm³/mol. The Morgan fingerprint density at radius 3 is 2.42 bits per heavy atom. The SMILES string of the molecule is O=C(c1csc(-c2ccccc2)c1)N1CC2CC3CC(C2)CC1C3. The second kappa shape index (κ2) is 5.73. The Balaban J connectivity index is 1.41. The molecule has 4 aliphatic rings. The van der Waals surface area contributed by atoms with Crippen LogP contribution in [-0.4, -0.2) is 23.4 Å². The molecule has 6 rings (SSSR count). The van der Waals surface area contributed by atoms with E-state index in [1.54, 1.807) is 11.3 Å². The van der Waals surface area contributed by atoms with Crippen molar-refractivity contribution in [3.8, 4) is 10.4 Å². The fourth-order valence-electron chi connectivity index (χ4n) is 5.40. The first-order chi connectivity index (χ1) is 11.8. The van der Waals surface area contributed by atoms with Gasteiger partial charge >= 0.3 is 0 Å². The Kier molecular flexibility index (Phi) is 3.51. The molecule has 4 fully saturated rings. The van der Waals surface area contributed by atoms with E-state index in [4.69, 9.17) is 0 Å². The molecule has 0 radical (unpaired) electrons. The average Bonchev–Trinajstić information content (AvgIpc) is 3.01. The summed E-state index contributed by atoms with van der Waals surface area (Å²) in [5, 5.41) is 2.06. The van der Waals surface area contributed by atoms with Gasteiger partial charge in [0.15, 0.2) is 0 Å². The van der Waals surface area contributed by atoms with Crippen LogP contribution in [0.1, 0.15) is 42.5 Å². The van der Waals surface area contributed by atoms with E-state index in [0.717, 1.165) is 29.9 Å². The maximum absolute atomic E-state index is 13.2. The highest BCUT2D eigenvalue weighted by molar-refractivity contribution is 7.13. The fourth-order valence-corrected chi connectivity index (χ4v) is 6.29. The van der Waals surface area contributed by atoms with Crippen molar-refractivity contribution >= 4 is 17.2 Å². The van der Waals surface area contributed by atoms with Gasteiger partial charge in [0, 0.05) is 22.8 Å². The van der Waals surface area contributed by atoms with Crippen molar-refractivity contribution in [1.29, 1.82) is 0 Å². The summed E-state index contributed by atoms with van der Waals surface area (Å²) in [5.74, 6) is 2.78. The lowest BCUT2D eigenvalue weighted by Crippen LogP contribution is -2.42. The fraction of sp³-hybridized carbons (Fsp3) is 0.476. The minimum absolute atomic E-state index is 0.270. The van der Waals surface area contributed by atoms with Gasteiger partial charge in [0.2, 0.25) is 0 Å². The molecule has 2 aromatic rings. The van der Waals surface area contributed by atoms with Gasteiger partial charge in [0.25, 0.3) is 5.91 Å². The van der Waals surface area contributed by atoms with Crippen LogP contribution in [0.2, 0.25) is 0 Å². The highest BCUT2D eigenvalue weighted by Gasteiger charge is 2.44. The summed E-state index contributed by atoms with van der Waals surface area (Å²) >= 11 is 1.69. The molecule has 2 aliphatic heterocycles. The van der Waals surface area contributed by atoms with E-state index < -0.39 is 0 Å². The van der Waals surface area contributed by atoms with E-state index >= 15 is 0 Å². The monoisotopic (exact) mass is 337 g/mol. The topological polar surface area (TPSA) is 20.3 Å². The minimum atomic E-state index is 0.270. The number of carbonyl (C=O) groups is 1. The molecule has 2 aliphatic carbocycles. The highest BCUT2D eigenvalue weighted by atomic mass is 32.1. The maximum Gasteiger partial charge on any atom is 0.254 e. The number of hydrogen-bond donors (Lipinski definition) is 0. The van der Waals surface area contributed by atoms with Crippen molar-refractivity contribution in [3.63, 3.8) is 0 Å². The largest absolute Gasteiger partial charge is 0.335 e. The minimum Gasteiger partial charge on any atom is -0.335 e. The zero-order valence-corrected chi connectivity index (χ0v) is 14.7. The lowest BCUT2D eigenvalue weighted by atomic mass is 9.68. The first kappa shape index (κ1) is 14.7. The van der Waals surface area contributed by atoms with Crippen molar-refractivity contribution < 1.29 is 4.79 Å². The van der Waals surface area contributed by atoms with Crippen molar-refractivity contribution in [2.75, 3.05) is 6.54 Å². The molecule has 2 saturated heterocycles. The van der Waals surface area contributed by atoms with Gasteiger partial charge < -0.3 is 4.90 Å². The molecule has 24 heavy (non-hydrogen) atoms. The molecule has 0 spiro atoms. The summed E-state index contributed by atoms with van der Waals surface area (Å²) in [7, 11) is 0. The van der Waals surface area contributed by atoms with Crippen LogP contribution < -0.4 is 0 Å². The number of rotatable bonds is 2. The second-order valence-electron chi connectivity index (χ2n) is 7.95. The van der Waals surface area contributed by atoms with Crippen LogP contribution in [-0.2, 0) is 0 Å². The predicted octanol–water partition coefficient (Wildman–Crippen LogP) is 5.07. The number of amides is 1. The molecule has 4 bridgehead atoms. The van der Waals surface area contributed by atoms with Crippen molar-refractivity contribution in [2.24, 2.45) is 17.8 Å². The number of fused-ring (bicyclic) bond motifs is 1. The zero-order valence-electron chi connectivity index (χ0n) is 13.9. The van der Waals surface area contributed by atoms with Gasteiger partial charge in [-0.1, -0.05) is 30.3 Å². The molecule has 1 amide bonds. The Hall–Kier alpha value is -1.61. The summed E-state index contributed by atoms with van der Waals surface area (Å²) in [4.78, 5) is 16.6. The van der Waals surface area contributed by atoms with Crippen LogP contribution in [0.15, 0.2) is 41.8 Å². The number of carbonyl (C=O) groups excluding carboxylic acids is 1. The number of hydrogen-bond acceptors (Lipinski definition) is 2. The van der Waals surface area contributed by atoms with E-state index in [-0.39, 0.29) is 5.91 Å². The molecule has 3 heteroatoms. The van der Waals surface area contributed by atoms with Crippen LogP contribution in [0, 0.1) is 17.8 Å². The molecule has 2 saturated carbocycles. The van der Waals surface area contributed by atoms with Gasteiger partial charge in [-0.15, -0.1) is 11.3 Å². The second-order valence-corrected chi connectivity index (χ2v) is 8.86. The van der Waals surface area contributed by atoms with E-state index in [9.17, 15) is 4.79 Å². The number of benzene rings is 1. The van der Waals surface area contributed by atoms with Gasteiger partial charge in [-0.05, 0) is 61.5 Å². The van der Waals surface area contributed by atoms with Crippen molar-refractivity contribution in [1.82, 2.24) is 4.90 Å². The van der Waals surface area contributed by atoms with Crippen LogP contribution >= 0.6 is 11.3 Å². The van der Waals surface area contributed by atoms with Gasteiger partial charge in [0.05, 0.1) is 5.56 Å². The molecular formula is C21H23NOS. The quantitative estimate of drug-likeness (QED) is 0.749. The molecule has 1 aromatic carbocycles. The summed E-state index contributed by atoms with van der Waals surface area (Å²) in [5.41, 5.74) is 2.09. The number of nitrogens with zero attached hydrogens (tertiary/aromatic N) is 1. The van der Waals surface area contributed by atoms with E-state index in [1.807, 2.05) is 6.07 Å². The molecular weight excluding hydrogens is 314 g/mol. The standard InChI is InChI=1S/C21H23NOS/c23-21(18-11-20(24-13-18)17-4-2-1-3-5-17)22-12-16-7-14-6-15(8-16)10-19(22)9-14/h1-5,11,13-16,19H,6-10,12H2. The first-order valence-electron chi connectivity index (χ1n) is 9.21. The molecule has 3 heterocycles. The molecule has 2 atom stereocenters. The van der Waals surface area contributed by atoms with Crippen LogP contribution in [0.5, 0.6) is 0 Å². The van der Waals surface area contributed by atoms with E-state index in [2.05, 4.69) is 40.6 Å². The Morgan fingerprint density at radius 2 is 1.67 bits per heavy atom. The summed E-state index contributed by atoms with van der Waals surface area (Å²) in [6, 6.07) is 13.0. The molecule has 124 valence electrons. The molecule has 2 unspecified atom stereocenters. The smallest absolute Gasteiger partial charge is 0.254 e. The average molecular weight is 337 g/mol. The highest BCUT2D eigenvalue weighted by Crippen LogP contribution is 2.47. The third-order valence-corrected chi connectivity index (χ3v) is 7.25. The van der Waals surface area contributed by atoms with Gasteiger partial charge in [0.1, 0.15) is 0 Å².